The molecule has 0 radical (unpaired) electrons. The number of rotatable bonds is 5. The average Bonchev–Trinajstić information content (AvgIpc) is 2.83. The Morgan fingerprint density at radius 3 is 2.05 bits per heavy atom. The van der Waals surface area contributed by atoms with E-state index in [0.29, 0.717) is 18.3 Å². The molecule has 2 rings (SSSR count). The van der Waals surface area contributed by atoms with Gasteiger partial charge in [-0.3, -0.25) is 9.59 Å². The minimum absolute atomic E-state index is 0.202. The molecule has 2 N–H and O–H groups in total. The second-order valence-electron chi connectivity index (χ2n) is 6.24. The van der Waals surface area contributed by atoms with Gasteiger partial charge in [0.05, 0.1) is 0 Å². The van der Waals surface area contributed by atoms with Crippen molar-refractivity contribution in [2.45, 2.75) is 70.3 Å². The van der Waals surface area contributed by atoms with E-state index in [4.69, 9.17) is 5.11 Å². The molecule has 0 bridgehead atoms. The topological polar surface area (TPSA) is 66.4 Å². The molecule has 2 saturated carbocycles. The van der Waals surface area contributed by atoms with Crippen LogP contribution in [0, 0.1) is 11.8 Å². The molecule has 1 amide bonds. The van der Waals surface area contributed by atoms with Gasteiger partial charge in [0.25, 0.3) is 0 Å². The summed E-state index contributed by atoms with van der Waals surface area (Å²) in [5, 5.41) is 11.9. The summed E-state index contributed by atoms with van der Waals surface area (Å²) in [7, 11) is 0. The average molecular weight is 267 g/mol. The number of carboxylic acid groups (broad SMARTS) is 1. The third-order valence-electron chi connectivity index (χ3n) is 4.62. The molecule has 0 aromatic carbocycles. The van der Waals surface area contributed by atoms with E-state index in [9.17, 15) is 9.59 Å². The predicted molar refractivity (Wildman–Crippen MR) is 72.7 cm³/mol. The molecule has 0 aromatic rings. The number of amides is 1. The largest absolute Gasteiger partial charge is 0.481 e. The van der Waals surface area contributed by atoms with Gasteiger partial charge in [0, 0.05) is 18.9 Å². The zero-order chi connectivity index (χ0) is 13.7. The zero-order valence-corrected chi connectivity index (χ0v) is 11.6. The molecule has 4 heteroatoms. The number of aliphatic carboxylic acids is 1. The Morgan fingerprint density at radius 1 is 0.895 bits per heavy atom. The van der Waals surface area contributed by atoms with Crippen LogP contribution in [0.1, 0.15) is 64.2 Å². The van der Waals surface area contributed by atoms with Crippen LogP contribution in [0.15, 0.2) is 0 Å². The van der Waals surface area contributed by atoms with Gasteiger partial charge >= 0.3 is 5.97 Å². The van der Waals surface area contributed by atoms with Gasteiger partial charge in [-0.2, -0.15) is 0 Å². The molecule has 2 aliphatic carbocycles. The zero-order valence-electron chi connectivity index (χ0n) is 11.6. The van der Waals surface area contributed by atoms with Crippen LogP contribution in [0.5, 0.6) is 0 Å². The summed E-state index contributed by atoms with van der Waals surface area (Å²) in [6.45, 7) is 0. The fourth-order valence-electron chi connectivity index (χ4n) is 3.52. The van der Waals surface area contributed by atoms with Crippen molar-refractivity contribution in [3.8, 4) is 0 Å². The van der Waals surface area contributed by atoms with Crippen molar-refractivity contribution < 1.29 is 14.7 Å². The molecule has 2 fully saturated rings. The van der Waals surface area contributed by atoms with E-state index in [1.165, 1.54) is 25.7 Å². The van der Waals surface area contributed by atoms with Gasteiger partial charge in [-0.25, -0.2) is 0 Å². The van der Waals surface area contributed by atoms with E-state index in [2.05, 4.69) is 5.32 Å². The molecule has 4 nitrogen and oxygen atoms in total. The van der Waals surface area contributed by atoms with E-state index >= 15 is 0 Å². The summed E-state index contributed by atoms with van der Waals surface area (Å²) < 4.78 is 0. The van der Waals surface area contributed by atoms with Crippen LogP contribution in [0.3, 0.4) is 0 Å². The quantitative estimate of drug-likeness (QED) is 0.805. The first-order valence-corrected chi connectivity index (χ1v) is 7.64. The van der Waals surface area contributed by atoms with E-state index in [1.807, 2.05) is 0 Å². The van der Waals surface area contributed by atoms with E-state index < -0.39 is 5.97 Å². The number of hydrogen-bond acceptors (Lipinski definition) is 2. The van der Waals surface area contributed by atoms with Crippen molar-refractivity contribution >= 4 is 11.9 Å². The Hall–Kier alpha value is -1.06. The molecular weight excluding hydrogens is 242 g/mol. The van der Waals surface area contributed by atoms with Crippen LogP contribution in [0.4, 0.5) is 0 Å². The lowest BCUT2D eigenvalue weighted by Crippen LogP contribution is -2.38. The predicted octanol–water partition coefficient (Wildman–Crippen LogP) is 2.72. The van der Waals surface area contributed by atoms with Crippen LogP contribution < -0.4 is 5.32 Å². The highest BCUT2D eigenvalue weighted by atomic mass is 16.4. The maximum Gasteiger partial charge on any atom is 0.303 e. The molecule has 2 aliphatic rings. The summed E-state index contributed by atoms with van der Waals surface area (Å²) in [4.78, 5) is 22.6. The van der Waals surface area contributed by atoms with Gasteiger partial charge in [0.2, 0.25) is 5.91 Å². The molecule has 0 saturated heterocycles. The third-order valence-corrected chi connectivity index (χ3v) is 4.62. The van der Waals surface area contributed by atoms with Gasteiger partial charge in [-0.15, -0.1) is 0 Å². The van der Waals surface area contributed by atoms with Crippen LogP contribution >= 0.6 is 0 Å². The van der Waals surface area contributed by atoms with Crippen molar-refractivity contribution in [2.75, 3.05) is 0 Å². The summed E-state index contributed by atoms with van der Waals surface area (Å²) >= 11 is 0. The SMILES string of the molecule is O=C(O)CC1CCC(NC(=O)CC2CCCC2)CC1. The standard InChI is InChI=1S/C15H25NO3/c17-14(9-11-3-1-2-4-11)16-13-7-5-12(6-8-13)10-15(18)19/h11-13H,1-10H2,(H,16,17)(H,18,19). The van der Waals surface area contributed by atoms with E-state index in [-0.39, 0.29) is 18.4 Å². The Morgan fingerprint density at radius 2 is 1.47 bits per heavy atom. The second kappa shape index (κ2) is 6.92. The number of carbonyl (C=O) groups excluding carboxylic acids is 1. The number of carbonyl (C=O) groups is 2. The van der Waals surface area contributed by atoms with Gasteiger partial charge in [0.15, 0.2) is 0 Å². The molecule has 0 aromatic heterocycles. The summed E-state index contributed by atoms with van der Waals surface area (Å²) in [6, 6.07) is 0.277. The fourth-order valence-corrected chi connectivity index (χ4v) is 3.52. The van der Waals surface area contributed by atoms with Crippen molar-refractivity contribution in [1.29, 1.82) is 0 Å². The van der Waals surface area contributed by atoms with Gasteiger partial charge in [-0.05, 0) is 50.4 Å². The van der Waals surface area contributed by atoms with Gasteiger partial charge in [0.1, 0.15) is 0 Å². The Bertz CT molecular complexity index is 315. The highest BCUT2D eigenvalue weighted by molar-refractivity contribution is 5.76. The maximum atomic E-state index is 11.9. The summed E-state index contributed by atoms with van der Waals surface area (Å²) in [6.07, 6.45) is 9.68. The molecule has 0 unspecified atom stereocenters. The molecule has 0 heterocycles. The lowest BCUT2D eigenvalue weighted by Gasteiger charge is -2.28. The van der Waals surface area contributed by atoms with Gasteiger partial charge in [-0.1, -0.05) is 12.8 Å². The minimum atomic E-state index is -0.700. The van der Waals surface area contributed by atoms with Crippen molar-refractivity contribution in [3.05, 3.63) is 0 Å². The molecule has 0 atom stereocenters. The van der Waals surface area contributed by atoms with Crippen LogP contribution in [0.25, 0.3) is 0 Å². The molecule has 0 spiro atoms. The summed E-state index contributed by atoms with van der Waals surface area (Å²) in [5.41, 5.74) is 0. The number of nitrogens with one attached hydrogen (secondary N) is 1. The highest BCUT2D eigenvalue weighted by Crippen LogP contribution is 2.29. The van der Waals surface area contributed by atoms with Crippen molar-refractivity contribution in [2.24, 2.45) is 11.8 Å². The van der Waals surface area contributed by atoms with Crippen LogP contribution in [-0.2, 0) is 9.59 Å². The van der Waals surface area contributed by atoms with E-state index in [0.717, 1.165) is 25.7 Å². The lowest BCUT2D eigenvalue weighted by atomic mass is 9.84. The van der Waals surface area contributed by atoms with Crippen molar-refractivity contribution in [1.82, 2.24) is 5.32 Å². The fraction of sp³-hybridized carbons (Fsp3) is 0.867. The van der Waals surface area contributed by atoms with Gasteiger partial charge < -0.3 is 10.4 Å². The van der Waals surface area contributed by atoms with Crippen LogP contribution in [0.2, 0.25) is 0 Å². The number of carboxylic acids is 1. The Balaban J connectivity index is 1.64. The Kier molecular flexibility index (Phi) is 5.23. The smallest absolute Gasteiger partial charge is 0.303 e. The summed E-state index contributed by atoms with van der Waals surface area (Å²) in [5.74, 6) is 0.408. The normalized spacial score (nSPS) is 28.2. The van der Waals surface area contributed by atoms with Crippen LogP contribution in [-0.4, -0.2) is 23.0 Å². The first-order chi connectivity index (χ1) is 9.13. The highest BCUT2D eigenvalue weighted by Gasteiger charge is 2.25. The minimum Gasteiger partial charge on any atom is -0.481 e. The van der Waals surface area contributed by atoms with E-state index in [1.54, 1.807) is 0 Å². The molecule has 0 aliphatic heterocycles. The second-order valence-corrected chi connectivity index (χ2v) is 6.24. The number of hydrogen-bond donors (Lipinski definition) is 2. The third kappa shape index (κ3) is 4.84. The first-order valence-electron chi connectivity index (χ1n) is 7.64. The molecule has 108 valence electrons. The monoisotopic (exact) mass is 267 g/mol. The van der Waals surface area contributed by atoms with Crippen molar-refractivity contribution in [3.63, 3.8) is 0 Å². The first kappa shape index (κ1) is 14.4. The molecular formula is C15H25NO3. The molecule has 19 heavy (non-hydrogen) atoms. The lowest BCUT2D eigenvalue weighted by molar-refractivity contribution is -0.138. The Labute approximate surface area is 115 Å². The maximum absolute atomic E-state index is 11.9.